The standard InChI is InChI=1S/C6H4Cl6OS/c7-5(8,9)1-3-14(13)4-2-6(10,11)12/h1-4H. The predicted molar refractivity (Wildman–Crippen MR) is 67.0 cm³/mol. The van der Waals surface area contributed by atoms with Gasteiger partial charge in [0.1, 0.15) is 10.8 Å². The maximum atomic E-state index is 11.1. The van der Waals surface area contributed by atoms with E-state index in [1.165, 1.54) is 10.8 Å². The number of halogens is 6. The van der Waals surface area contributed by atoms with E-state index in [9.17, 15) is 4.55 Å². The fraction of sp³-hybridized carbons (Fsp3) is 0.333. The lowest BCUT2D eigenvalue weighted by Gasteiger charge is -2.05. The fourth-order valence-corrected chi connectivity index (χ4v) is 1.93. The Labute approximate surface area is 115 Å². The van der Waals surface area contributed by atoms with Crippen molar-refractivity contribution in [1.29, 1.82) is 0 Å². The molecule has 0 fully saturated rings. The summed E-state index contributed by atoms with van der Waals surface area (Å²) in [5.74, 6) is 0. The minimum Gasteiger partial charge on any atom is -0.607 e. The fourth-order valence-electron chi connectivity index (χ4n) is 0.334. The Morgan fingerprint density at radius 3 is 1.29 bits per heavy atom. The zero-order valence-corrected chi connectivity index (χ0v) is 11.7. The number of hydrogen-bond donors (Lipinski definition) is 0. The highest BCUT2D eigenvalue weighted by molar-refractivity contribution is 7.97. The summed E-state index contributed by atoms with van der Waals surface area (Å²) in [5, 5.41) is 2.36. The van der Waals surface area contributed by atoms with Gasteiger partial charge in [-0.1, -0.05) is 69.6 Å². The molecule has 14 heavy (non-hydrogen) atoms. The molecule has 0 aliphatic heterocycles. The highest BCUT2D eigenvalue weighted by atomic mass is 35.6. The van der Waals surface area contributed by atoms with Gasteiger partial charge in [0.25, 0.3) is 0 Å². The molecule has 0 rings (SSSR count). The maximum Gasteiger partial charge on any atom is 0.213 e. The first-order valence-electron chi connectivity index (χ1n) is 3.02. The van der Waals surface area contributed by atoms with Gasteiger partial charge in [-0.15, -0.1) is 0 Å². The van der Waals surface area contributed by atoms with Crippen LogP contribution in [0.4, 0.5) is 0 Å². The van der Waals surface area contributed by atoms with Crippen LogP contribution in [0.25, 0.3) is 0 Å². The molecule has 0 unspecified atom stereocenters. The molecule has 0 radical (unpaired) electrons. The van der Waals surface area contributed by atoms with Gasteiger partial charge in [-0.05, 0) is 0 Å². The molecule has 0 amide bonds. The molecule has 0 atom stereocenters. The smallest absolute Gasteiger partial charge is 0.213 e. The molecular formula is C6H4Cl6OS. The summed E-state index contributed by atoms with van der Waals surface area (Å²) in [7, 11) is 0. The summed E-state index contributed by atoms with van der Waals surface area (Å²) in [6.45, 7) is 0. The van der Waals surface area contributed by atoms with Crippen molar-refractivity contribution < 1.29 is 4.55 Å². The third kappa shape index (κ3) is 11.6. The van der Waals surface area contributed by atoms with Crippen LogP contribution in [0, 0.1) is 0 Å². The summed E-state index contributed by atoms with van der Waals surface area (Å²) in [4.78, 5) is 0. The van der Waals surface area contributed by atoms with Crippen molar-refractivity contribution in [2.45, 2.75) is 7.59 Å². The molecule has 0 aromatic rings. The Kier molecular flexibility index (Phi) is 7.00. The molecule has 0 N–H and O–H groups in total. The molecule has 82 valence electrons. The van der Waals surface area contributed by atoms with E-state index in [1.807, 2.05) is 0 Å². The van der Waals surface area contributed by atoms with Crippen LogP contribution in [-0.4, -0.2) is 12.1 Å². The van der Waals surface area contributed by atoms with Gasteiger partial charge in [0.15, 0.2) is 0 Å². The zero-order valence-electron chi connectivity index (χ0n) is 6.39. The highest BCUT2D eigenvalue weighted by Crippen LogP contribution is 2.29. The summed E-state index contributed by atoms with van der Waals surface area (Å²) in [5.41, 5.74) is 0. The van der Waals surface area contributed by atoms with Crippen LogP contribution >= 0.6 is 69.6 Å². The van der Waals surface area contributed by atoms with Gasteiger partial charge in [0.05, 0.1) is 0 Å². The first-order valence-corrected chi connectivity index (χ1v) is 6.56. The van der Waals surface area contributed by atoms with Gasteiger partial charge in [-0.2, -0.15) is 0 Å². The van der Waals surface area contributed by atoms with Gasteiger partial charge in [0.2, 0.25) is 7.59 Å². The van der Waals surface area contributed by atoms with Gasteiger partial charge in [-0.3, -0.25) is 0 Å². The second-order valence-corrected chi connectivity index (χ2v) is 7.96. The molecule has 0 saturated carbocycles. The van der Waals surface area contributed by atoms with Crippen molar-refractivity contribution in [3.63, 3.8) is 0 Å². The van der Waals surface area contributed by atoms with Crippen molar-refractivity contribution in [2.75, 3.05) is 0 Å². The van der Waals surface area contributed by atoms with E-state index in [-0.39, 0.29) is 0 Å². The van der Waals surface area contributed by atoms with Crippen LogP contribution in [0.15, 0.2) is 23.0 Å². The number of hydrogen-bond acceptors (Lipinski definition) is 1. The van der Waals surface area contributed by atoms with Crippen molar-refractivity contribution in [1.82, 2.24) is 0 Å². The lowest BCUT2D eigenvalue weighted by molar-refractivity contribution is 0.611. The Balaban J connectivity index is 4.18. The summed E-state index contributed by atoms with van der Waals surface area (Å²) in [6, 6.07) is 0. The zero-order chi connectivity index (χ0) is 11.4. The van der Waals surface area contributed by atoms with Crippen LogP contribution in [0.2, 0.25) is 0 Å². The van der Waals surface area contributed by atoms with E-state index in [1.54, 1.807) is 0 Å². The van der Waals surface area contributed by atoms with Crippen molar-refractivity contribution in [2.24, 2.45) is 0 Å². The molecule has 0 aromatic carbocycles. The maximum absolute atomic E-state index is 11.1. The van der Waals surface area contributed by atoms with Crippen LogP contribution < -0.4 is 0 Å². The van der Waals surface area contributed by atoms with Crippen LogP contribution in [0.5, 0.6) is 0 Å². The Morgan fingerprint density at radius 1 is 0.786 bits per heavy atom. The Morgan fingerprint density at radius 2 is 1.07 bits per heavy atom. The molecule has 0 aromatic heterocycles. The third-order valence-electron chi connectivity index (χ3n) is 0.782. The van der Waals surface area contributed by atoms with E-state index >= 15 is 0 Å². The average molecular weight is 337 g/mol. The minimum absolute atomic E-state index is 1.15. The molecular weight excluding hydrogens is 333 g/mol. The molecule has 0 heterocycles. The topological polar surface area (TPSA) is 23.1 Å². The van der Waals surface area contributed by atoms with Crippen molar-refractivity contribution >= 4 is 80.8 Å². The lowest BCUT2D eigenvalue weighted by Crippen LogP contribution is -2.00. The third-order valence-corrected chi connectivity index (χ3v) is 2.35. The Bertz CT molecular complexity index is 203. The van der Waals surface area contributed by atoms with Gasteiger partial charge in [-0.25, -0.2) is 0 Å². The average Bonchev–Trinajstić information content (AvgIpc) is 1.94. The SMILES string of the molecule is [O-][S+](C=CC(Cl)(Cl)Cl)C=CC(Cl)(Cl)Cl. The van der Waals surface area contributed by atoms with E-state index in [4.69, 9.17) is 69.6 Å². The van der Waals surface area contributed by atoms with Gasteiger partial charge in [0, 0.05) is 23.3 Å². The predicted octanol–water partition coefficient (Wildman–Crippen LogP) is 4.50. The Hall–Kier alpha value is 1.53. The van der Waals surface area contributed by atoms with E-state index in [0.29, 0.717) is 0 Å². The lowest BCUT2D eigenvalue weighted by atomic mass is 10.7. The second-order valence-electron chi connectivity index (χ2n) is 2.02. The van der Waals surface area contributed by atoms with Gasteiger partial charge < -0.3 is 4.55 Å². The number of rotatable bonds is 2. The molecule has 0 saturated heterocycles. The van der Waals surface area contributed by atoms with Gasteiger partial charge >= 0.3 is 0 Å². The summed E-state index contributed by atoms with van der Waals surface area (Å²) < 4.78 is 7.96. The summed E-state index contributed by atoms with van der Waals surface area (Å²) in [6.07, 6.45) is 2.30. The molecule has 0 bridgehead atoms. The first kappa shape index (κ1) is 15.5. The normalized spacial score (nSPS) is 16.8. The van der Waals surface area contributed by atoms with Crippen molar-refractivity contribution in [3.05, 3.63) is 23.0 Å². The van der Waals surface area contributed by atoms with E-state index < -0.39 is 18.8 Å². The number of alkyl halides is 6. The molecule has 1 nitrogen and oxygen atoms in total. The second kappa shape index (κ2) is 6.31. The van der Waals surface area contributed by atoms with E-state index in [0.717, 1.165) is 12.2 Å². The molecule has 0 aliphatic carbocycles. The minimum atomic E-state index is -1.58. The molecule has 8 heteroatoms. The van der Waals surface area contributed by atoms with Crippen LogP contribution in [-0.2, 0) is 11.2 Å². The quantitative estimate of drug-likeness (QED) is 0.537. The van der Waals surface area contributed by atoms with Crippen LogP contribution in [0.1, 0.15) is 0 Å². The highest BCUT2D eigenvalue weighted by Gasteiger charge is 2.18. The number of allylic oxidation sites excluding steroid dienone is 2. The first-order chi connectivity index (χ1) is 6.10. The van der Waals surface area contributed by atoms with Crippen molar-refractivity contribution in [3.8, 4) is 0 Å². The molecule has 0 aliphatic rings. The van der Waals surface area contributed by atoms with Crippen LogP contribution in [0.3, 0.4) is 0 Å². The van der Waals surface area contributed by atoms with E-state index in [2.05, 4.69) is 0 Å². The summed E-state index contributed by atoms with van der Waals surface area (Å²) >= 11 is 30.8. The largest absolute Gasteiger partial charge is 0.607 e. The monoisotopic (exact) mass is 334 g/mol. The molecule has 0 spiro atoms.